The van der Waals surface area contributed by atoms with Crippen molar-refractivity contribution in [1.29, 1.82) is 0 Å². The molecule has 34 heavy (non-hydrogen) atoms. The van der Waals surface area contributed by atoms with Gasteiger partial charge in [0.2, 0.25) is 11.8 Å². The third kappa shape index (κ3) is 10.0. The maximum atomic E-state index is 13.9. The molecule has 0 heterocycles. The Morgan fingerprint density at radius 1 is 1.09 bits per heavy atom. The van der Waals surface area contributed by atoms with Crippen molar-refractivity contribution in [3.8, 4) is 5.75 Å². The average Bonchev–Trinajstić information content (AvgIpc) is 2.63. The largest absolute Gasteiger partial charge is 0.508 e. The van der Waals surface area contributed by atoms with Crippen molar-refractivity contribution >= 4 is 17.9 Å². The zero-order valence-corrected chi connectivity index (χ0v) is 22.2. The van der Waals surface area contributed by atoms with E-state index in [0.29, 0.717) is 24.9 Å². The Kier molecular flexibility index (Phi) is 10.4. The van der Waals surface area contributed by atoms with Crippen LogP contribution in [0, 0.1) is 5.92 Å². The smallest absolute Gasteiger partial charge is 0.408 e. The molecule has 192 valence electrons. The van der Waals surface area contributed by atoms with Crippen LogP contribution in [-0.4, -0.2) is 51.6 Å². The molecule has 0 bridgehead atoms. The monoisotopic (exact) mass is 477 g/mol. The van der Waals surface area contributed by atoms with Gasteiger partial charge in [-0.2, -0.15) is 0 Å². The van der Waals surface area contributed by atoms with Crippen LogP contribution in [0.2, 0.25) is 0 Å². The number of nitrogens with zero attached hydrogens (tertiary/aromatic N) is 1. The number of phenols is 1. The molecule has 8 heteroatoms. The fraction of sp³-hybridized carbons (Fsp3) is 0.654. The number of benzene rings is 1. The molecule has 2 unspecified atom stereocenters. The fourth-order valence-corrected chi connectivity index (χ4v) is 3.56. The van der Waals surface area contributed by atoms with Crippen LogP contribution < -0.4 is 10.6 Å². The number of rotatable bonds is 9. The first-order valence-corrected chi connectivity index (χ1v) is 11.9. The number of ether oxygens (including phenoxy) is 1. The Labute approximate surface area is 204 Å². The summed E-state index contributed by atoms with van der Waals surface area (Å²) in [5.41, 5.74) is -0.752. The number of hydrogen-bond acceptors (Lipinski definition) is 5. The van der Waals surface area contributed by atoms with Crippen molar-refractivity contribution in [2.24, 2.45) is 5.92 Å². The molecule has 0 saturated carbocycles. The first-order valence-electron chi connectivity index (χ1n) is 11.9. The number of aromatic hydroxyl groups is 1. The summed E-state index contributed by atoms with van der Waals surface area (Å²) in [6.45, 7) is 17.0. The molecule has 0 aliphatic rings. The minimum absolute atomic E-state index is 0.000525. The van der Waals surface area contributed by atoms with Gasteiger partial charge >= 0.3 is 6.09 Å². The number of carbonyl (C=O) groups excluding carboxylic acids is 3. The summed E-state index contributed by atoms with van der Waals surface area (Å²) in [6, 6.07) is 4.50. The number of alkyl carbamates (subject to hydrolysis) is 1. The molecule has 0 radical (unpaired) electrons. The van der Waals surface area contributed by atoms with E-state index in [2.05, 4.69) is 10.6 Å². The van der Waals surface area contributed by atoms with Crippen molar-refractivity contribution in [2.45, 2.75) is 98.4 Å². The Hall–Kier alpha value is -2.77. The molecule has 3 N–H and O–H groups in total. The molecule has 0 aliphatic heterocycles. The lowest BCUT2D eigenvalue weighted by Gasteiger charge is -2.36. The minimum atomic E-state index is -0.978. The molecular formula is C26H43N3O5. The van der Waals surface area contributed by atoms with Gasteiger partial charge in [0.1, 0.15) is 23.4 Å². The molecule has 0 saturated heterocycles. The molecule has 1 aromatic rings. The summed E-state index contributed by atoms with van der Waals surface area (Å²) in [5.74, 6) is -0.630. The highest BCUT2D eigenvalue weighted by Crippen LogP contribution is 2.27. The van der Waals surface area contributed by atoms with Gasteiger partial charge in [0, 0.05) is 12.1 Å². The number of hydrogen-bond donors (Lipinski definition) is 3. The van der Waals surface area contributed by atoms with Gasteiger partial charge in [-0.1, -0.05) is 32.9 Å². The van der Waals surface area contributed by atoms with Gasteiger partial charge in [-0.05, 0) is 78.0 Å². The highest BCUT2D eigenvalue weighted by atomic mass is 16.6. The summed E-state index contributed by atoms with van der Waals surface area (Å²) < 4.78 is 5.38. The third-order valence-electron chi connectivity index (χ3n) is 4.69. The van der Waals surface area contributed by atoms with Crippen LogP contribution in [0.3, 0.4) is 0 Å². The standard InChI is InChI=1S/C26H43N3O5/c1-10-14-29(23(32)20(15-17(2)3)27-24(33)34-26(7,8)9)21(22(31)28-25(4,5)6)18-12-11-13-19(30)16-18/h11-13,16-17,20-21,30H,10,14-15H2,1-9H3,(H,27,33)(H,28,31). The van der Waals surface area contributed by atoms with E-state index in [1.54, 1.807) is 32.9 Å². The molecule has 1 rings (SSSR count). The summed E-state index contributed by atoms with van der Waals surface area (Å²) in [7, 11) is 0. The van der Waals surface area contributed by atoms with Gasteiger partial charge in [-0.25, -0.2) is 4.79 Å². The van der Waals surface area contributed by atoms with Crippen molar-refractivity contribution < 1.29 is 24.2 Å². The van der Waals surface area contributed by atoms with Gasteiger partial charge in [0.15, 0.2) is 0 Å². The topological polar surface area (TPSA) is 108 Å². The van der Waals surface area contributed by atoms with E-state index in [1.165, 1.54) is 17.0 Å². The Bertz CT molecular complexity index is 840. The zero-order chi connectivity index (χ0) is 26.3. The van der Waals surface area contributed by atoms with Crippen molar-refractivity contribution in [2.75, 3.05) is 6.54 Å². The predicted molar refractivity (Wildman–Crippen MR) is 133 cm³/mol. The van der Waals surface area contributed by atoms with Crippen LogP contribution in [-0.2, 0) is 14.3 Å². The van der Waals surface area contributed by atoms with Crippen molar-refractivity contribution in [3.05, 3.63) is 29.8 Å². The SMILES string of the molecule is CCCN(C(=O)C(CC(C)C)NC(=O)OC(C)(C)C)C(C(=O)NC(C)(C)C)c1cccc(O)c1. The highest BCUT2D eigenvalue weighted by molar-refractivity contribution is 5.92. The quantitative estimate of drug-likeness (QED) is 0.484. The third-order valence-corrected chi connectivity index (χ3v) is 4.69. The van der Waals surface area contributed by atoms with Gasteiger partial charge in [-0.15, -0.1) is 0 Å². The summed E-state index contributed by atoms with van der Waals surface area (Å²) in [4.78, 5) is 41.3. The average molecular weight is 478 g/mol. The van der Waals surface area contributed by atoms with Crippen LogP contribution >= 0.6 is 0 Å². The molecule has 0 fully saturated rings. The maximum Gasteiger partial charge on any atom is 0.408 e. The van der Waals surface area contributed by atoms with E-state index >= 15 is 0 Å². The number of nitrogens with one attached hydrogen (secondary N) is 2. The predicted octanol–water partition coefficient (Wildman–Crippen LogP) is 4.53. The van der Waals surface area contributed by atoms with Crippen LogP contribution in [0.15, 0.2) is 24.3 Å². The molecule has 1 aromatic carbocycles. The van der Waals surface area contributed by atoms with E-state index in [1.807, 2.05) is 41.5 Å². The van der Waals surface area contributed by atoms with E-state index < -0.39 is 29.3 Å². The van der Waals surface area contributed by atoms with E-state index in [9.17, 15) is 19.5 Å². The minimum Gasteiger partial charge on any atom is -0.508 e. The van der Waals surface area contributed by atoms with Gasteiger partial charge in [-0.3, -0.25) is 9.59 Å². The lowest BCUT2D eigenvalue weighted by atomic mass is 9.98. The van der Waals surface area contributed by atoms with Crippen molar-refractivity contribution in [3.63, 3.8) is 0 Å². The second-order valence-electron chi connectivity index (χ2n) is 11.1. The van der Waals surface area contributed by atoms with E-state index in [4.69, 9.17) is 4.74 Å². The first kappa shape index (κ1) is 29.3. The number of carbonyl (C=O) groups is 3. The molecule has 0 spiro atoms. The Balaban J connectivity index is 3.45. The molecular weight excluding hydrogens is 434 g/mol. The van der Waals surface area contributed by atoms with E-state index in [0.717, 1.165) is 0 Å². The second kappa shape index (κ2) is 12.1. The Morgan fingerprint density at radius 2 is 1.71 bits per heavy atom. The molecule has 0 aliphatic carbocycles. The second-order valence-corrected chi connectivity index (χ2v) is 11.1. The lowest BCUT2D eigenvalue weighted by Crippen LogP contribution is -2.55. The van der Waals surface area contributed by atoms with Gasteiger partial charge in [0.05, 0.1) is 0 Å². The lowest BCUT2D eigenvalue weighted by molar-refractivity contribution is -0.143. The molecule has 0 aromatic heterocycles. The van der Waals surface area contributed by atoms with Gasteiger partial charge < -0.3 is 25.4 Å². The molecule has 8 nitrogen and oxygen atoms in total. The number of phenolic OH excluding ortho intramolecular Hbond substituents is 1. The number of amides is 3. The van der Waals surface area contributed by atoms with Crippen LogP contribution in [0.5, 0.6) is 5.75 Å². The van der Waals surface area contributed by atoms with Gasteiger partial charge in [0.25, 0.3) is 0 Å². The van der Waals surface area contributed by atoms with Crippen LogP contribution in [0.1, 0.15) is 86.8 Å². The first-order chi connectivity index (χ1) is 15.5. The maximum absolute atomic E-state index is 13.9. The van der Waals surface area contributed by atoms with Crippen LogP contribution in [0.4, 0.5) is 4.79 Å². The van der Waals surface area contributed by atoms with Crippen LogP contribution in [0.25, 0.3) is 0 Å². The Morgan fingerprint density at radius 3 is 2.18 bits per heavy atom. The zero-order valence-electron chi connectivity index (χ0n) is 22.2. The normalized spacial score (nSPS) is 13.7. The fourth-order valence-electron chi connectivity index (χ4n) is 3.56. The molecule has 3 amide bonds. The van der Waals surface area contributed by atoms with E-state index in [-0.39, 0.29) is 23.5 Å². The summed E-state index contributed by atoms with van der Waals surface area (Å²) in [5, 5.41) is 15.7. The summed E-state index contributed by atoms with van der Waals surface area (Å²) >= 11 is 0. The molecule has 2 atom stereocenters. The summed E-state index contributed by atoms with van der Waals surface area (Å²) in [6.07, 6.45) is 0.299. The van der Waals surface area contributed by atoms with Crippen molar-refractivity contribution in [1.82, 2.24) is 15.5 Å². The highest BCUT2D eigenvalue weighted by Gasteiger charge is 2.37.